The molecule has 0 spiro atoms. The summed E-state index contributed by atoms with van der Waals surface area (Å²) < 4.78 is 14.7. The summed E-state index contributed by atoms with van der Waals surface area (Å²) in [5, 5.41) is 8.01. The minimum absolute atomic E-state index is 0.105. The van der Waals surface area contributed by atoms with Crippen LogP contribution in [0.5, 0.6) is 0 Å². The molecule has 2 heterocycles. The third kappa shape index (κ3) is 3.57. The monoisotopic (exact) mass is 343 g/mol. The van der Waals surface area contributed by atoms with Crippen LogP contribution in [0.25, 0.3) is 6.08 Å². The lowest BCUT2D eigenvalue weighted by Crippen LogP contribution is -2.52. The summed E-state index contributed by atoms with van der Waals surface area (Å²) >= 11 is 0. The summed E-state index contributed by atoms with van der Waals surface area (Å²) in [6.45, 7) is 2.24. The maximum absolute atomic E-state index is 12.9. The van der Waals surface area contributed by atoms with E-state index in [2.05, 4.69) is 10.2 Å². The number of nitrogens with zero attached hydrogens (tertiary/aromatic N) is 4. The number of fused-ring (bicyclic) bond motifs is 1. The van der Waals surface area contributed by atoms with Crippen molar-refractivity contribution in [3.63, 3.8) is 0 Å². The Balaban J connectivity index is 1.71. The van der Waals surface area contributed by atoms with Gasteiger partial charge < -0.3 is 15.2 Å². The van der Waals surface area contributed by atoms with Crippen LogP contribution < -0.4 is 5.73 Å². The van der Waals surface area contributed by atoms with Gasteiger partial charge in [-0.3, -0.25) is 9.59 Å². The molecular formula is C17H18FN5O2. The summed E-state index contributed by atoms with van der Waals surface area (Å²) in [5.41, 5.74) is 6.25. The standard InChI is InChI=1S/C17H18FN5O2/c1-11-20-21-15-10-23(14(17(19)25)9-22(11)15)16(24)4-2-3-12-5-7-13(18)8-6-12/h2-3,5-8,14H,4,9-10H2,1H3,(H2,19,25)/b3-2+. The molecule has 2 N–H and O–H groups in total. The zero-order chi connectivity index (χ0) is 18.0. The lowest BCUT2D eigenvalue weighted by Gasteiger charge is -2.34. The SMILES string of the molecule is Cc1nnc2n1CC(C(N)=O)N(C(=O)C/C=C/c1ccc(F)cc1)C2. The number of hydrogen-bond donors (Lipinski definition) is 1. The lowest BCUT2D eigenvalue weighted by atomic mass is 10.1. The van der Waals surface area contributed by atoms with E-state index in [1.807, 2.05) is 0 Å². The van der Waals surface area contributed by atoms with Gasteiger partial charge in [0.2, 0.25) is 11.8 Å². The van der Waals surface area contributed by atoms with Crippen molar-refractivity contribution in [3.05, 3.63) is 53.4 Å². The number of amides is 2. The van der Waals surface area contributed by atoms with Crippen molar-refractivity contribution in [2.24, 2.45) is 5.73 Å². The van der Waals surface area contributed by atoms with Crippen LogP contribution in [0.4, 0.5) is 4.39 Å². The second-order valence-corrected chi connectivity index (χ2v) is 5.87. The van der Waals surface area contributed by atoms with E-state index in [0.29, 0.717) is 11.6 Å². The summed E-state index contributed by atoms with van der Waals surface area (Å²) in [6, 6.07) is 5.21. The smallest absolute Gasteiger partial charge is 0.242 e. The van der Waals surface area contributed by atoms with Gasteiger partial charge in [0.25, 0.3) is 0 Å². The zero-order valence-corrected chi connectivity index (χ0v) is 13.7. The number of nitrogens with two attached hydrogens (primary N) is 1. The fraction of sp³-hybridized carbons (Fsp3) is 0.294. The van der Waals surface area contributed by atoms with E-state index >= 15 is 0 Å². The second kappa shape index (κ2) is 6.84. The second-order valence-electron chi connectivity index (χ2n) is 5.87. The number of halogens is 1. The molecule has 2 amide bonds. The Hall–Kier alpha value is -3.03. The molecule has 1 aliphatic rings. The summed E-state index contributed by atoms with van der Waals surface area (Å²) in [6.07, 6.45) is 3.51. The van der Waals surface area contributed by atoms with Crippen LogP contribution in [-0.2, 0) is 22.7 Å². The predicted molar refractivity (Wildman–Crippen MR) is 88.3 cm³/mol. The van der Waals surface area contributed by atoms with E-state index < -0.39 is 11.9 Å². The normalized spacial score (nSPS) is 16.9. The molecule has 1 aliphatic heterocycles. The van der Waals surface area contributed by atoms with Crippen molar-refractivity contribution in [1.82, 2.24) is 19.7 Å². The van der Waals surface area contributed by atoms with Gasteiger partial charge in [-0.15, -0.1) is 10.2 Å². The van der Waals surface area contributed by atoms with E-state index in [1.165, 1.54) is 17.0 Å². The molecule has 1 atom stereocenters. The Labute approximate surface area is 143 Å². The Morgan fingerprint density at radius 3 is 2.72 bits per heavy atom. The predicted octanol–water partition coefficient (Wildman–Crippen LogP) is 1.03. The number of benzene rings is 1. The highest BCUT2D eigenvalue weighted by molar-refractivity contribution is 5.87. The molecule has 7 nitrogen and oxygen atoms in total. The van der Waals surface area contributed by atoms with E-state index in [1.54, 1.807) is 35.8 Å². The average molecular weight is 343 g/mol. The van der Waals surface area contributed by atoms with Crippen LogP contribution in [0, 0.1) is 12.7 Å². The number of carbonyl (C=O) groups excluding carboxylic acids is 2. The van der Waals surface area contributed by atoms with E-state index in [0.717, 1.165) is 5.56 Å². The molecule has 0 saturated heterocycles. The van der Waals surface area contributed by atoms with Crippen molar-refractivity contribution >= 4 is 17.9 Å². The molecule has 8 heteroatoms. The first-order valence-electron chi connectivity index (χ1n) is 7.85. The summed E-state index contributed by atoms with van der Waals surface area (Å²) in [4.78, 5) is 25.7. The van der Waals surface area contributed by atoms with Gasteiger partial charge in [-0.2, -0.15) is 0 Å². The maximum atomic E-state index is 12.9. The molecule has 3 rings (SSSR count). The Morgan fingerprint density at radius 1 is 1.32 bits per heavy atom. The van der Waals surface area contributed by atoms with E-state index in [-0.39, 0.29) is 31.2 Å². The van der Waals surface area contributed by atoms with Gasteiger partial charge in [0.15, 0.2) is 5.82 Å². The number of primary amides is 1. The van der Waals surface area contributed by atoms with Crippen molar-refractivity contribution in [3.8, 4) is 0 Å². The number of rotatable bonds is 4. The van der Waals surface area contributed by atoms with Gasteiger partial charge in [0.05, 0.1) is 13.1 Å². The van der Waals surface area contributed by atoms with Crippen molar-refractivity contribution < 1.29 is 14.0 Å². The highest BCUT2D eigenvalue weighted by Crippen LogP contribution is 2.19. The van der Waals surface area contributed by atoms with Crippen LogP contribution in [0.2, 0.25) is 0 Å². The third-order valence-electron chi connectivity index (χ3n) is 4.18. The Bertz CT molecular complexity index is 828. The number of carbonyl (C=O) groups is 2. The van der Waals surface area contributed by atoms with Crippen molar-refractivity contribution in [2.45, 2.75) is 32.5 Å². The van der Waals surface area contributed by atoms with Crippen LogP contribution in [0.15, 0.2) is 30.3 Å². The van der Waals surface area contributed by atoms with E-state index in [4.69, 9.17) is 5.73 Å². The van der Waals surface area contributed by atoms with Gasteiger partial charge in [0.1, 0.15) is 17.7 Å². The zero-order valence-electron chi connectivity index (χ0n) is 13.7. The van der Waals surface area contributed by atoms with Crippen LogP contribution >= 0.6 is 0 Å². The number of hydrogen-bond acceptors (Lipinski definition) is 4. The molecule has 1 unspecified atom stereocenters. The van der Waals surface area contributed by atoms with E-state index in [9.17, 15) is 14.0 Å². The molecule has 25 heavy (non-hydrogen) atoms. The molecule has 2 aromatic rings. The molecule has 0 aliphatic carbocycles. The fourth-order valence-electron chi connectivity index (χ4n) is 2.81. The average Bonchev–Trinajstić information content (AvgIpc) is 2.96. The van der Waals surface area contributed by atoms with Crippen molar-refractivity contribution in [1.29, 1.82) is 0 Å². The van der Waals surface area contributed by atoms with Gasteiger partial charge in [-0.25, -0.2) is 4.39 Å². The minimum atomic E-state index is -0.728. The van der Waals surface area contributed by atoms with Crippen LogP contribution in [0.1, 0.15) is 23.6 Å². The topological polar surface area (TPSA) is 94.1 Å². The molecule has 0 radical (unpaired) electrons. The molecule has 1 aromatic heterocycles. The Kier molecular flexibility index (Phi) is 4.60. The summed E-state index contributed by atoms with van der Waals surface area (Å²) in [7, 11) is 0. The van der Waals surface area contributed by atoms with Gasteiger partial charge in [0, 0.05) is 6.42 Å². The van der Waals surface area contributed by atoms with Crippen LogP contribution in [0.3, 0.4) is 0 Å². The number of aromatic nitrogens is 3. The minimum Gasteiger partial charge on any atom is -0.368 e. The van der Waals surface area contributed by atoms with Gasteiger partial charge >= 0.3 is 0 Å². The molecule has 130 valence electrons. The fourth-order valence-corrected chi connectivity index (χ4v) is 2.81. The van der Waals surface area contributed by atoms with Crippen molar-refractivity contribution in [2.75, 3.05) is 0 Å². The largest absolute Gasteiger partial charge is 0.368 e. The first-order valence-corrected chi connectivity index (χ1v) is 7.85. The highest BCUT2D eigenvalue weighted by Gasteiger charge is 2.34. The van der Waals surface area contributed by atoms with Gasteiger partial charge in [-0.1, -0.05) is 24.3 Å². The molecular weight excluding hydrogens is 325 g/mol. The highest BCUT2D eigenvalue weighted by atomic mass is 19.1. The molecule has 1 aromatic carbocycles. The first kappa shape index (κ1) is 16.8. The molecule has 0 saturated carbocycles. The lowest BCUT2D eigenvalue weighted by molar-refractivity contribution is -0.141. The maximum Gasteiger partial charge on any atom is 0.242 e. The first-order chi connectivity index (χ1) is 12.0. The summed E-state index contributed by atoms with van der Waals surface area (Å²) in [5.74, 6) is 0.212. The van der Waals surface area contributed by atoms with Gasteiger partial charge in [-0.05, 0) is 24.6 Å². The molecule has 0 fully saturated rings. The number of aryl methyl sites for hydroxylation is 1. The third-order valence-corrected chi connectivity index (χ3v) is 4.18. The quantitative estimate of drug-likeness (QED) is 0.897. The Morgan fingerprint density at radius 2 is 2.04 bits per heavy atom. The molecule has 0 bridgehead atoms. The van der Waals surface area contributed by atoms with Crippen LogP contribution in [-0.4, -0.2) is 37.5 Å².